The molecule has 2 aromatic rings. The highest BCUT2D eigenvalue weighted by Crippen LogP contribution is 2.16. The molecule has 5 nitrogen and oxygen atoms in total. The number of hydrogen-bond acceptors (Lipinski definition) is 5. The van der Waals surface area contributed by atoms with Crippen LogP contribution in [-0.2, 0) is 0 Å². The van der Waals surface area contributed by atoms with Crippen molar-refractivity contribution < 1.29 is 5.11 Å². The Hall–Kier alpha value is -2.40. The largest absolute Gasteiger partial charge is 0.493 e. The predicted molar refractivity (Wildman–Crippen MR) is 92.6 cm³/mol. The van der Waals surface area contributed by atoms with Crippen molar-refractivity contribution in [1.82, 2.24) is 14.9 Å². The maximum absolute atomic E-state index is 9.60. The van der Waals surface area contributed by atoms with Crippen LogP contribution in [0.2, 0.25) is 0 Å². The molecule has 0 saturated carbocycles. The van der Waals surface area contributed by atoms with Gasteiger partial charge in [0, 0.05) is 44.5 Å². The van der Waals surface area contributed by atoms with E-state index >= 15 is 0 Å². The molecule has 1 aliphatic heterocycles. The summed E-state index contributed by atoms with van der Waals surface area (Å²) in [6.45, 7) is 6.51. The number of rotatable bonds is 4. The molecule has 0 unspecified atom stereocenters. The highest BCUT2D eigenvalue weighted by atomic mass is 16.3. The van der Waals surface area contributed by atoms with Gasteiger partial charge in [0.2, 0.25) is 11.8 Å². The van der Waals surface area contributed by atoms with Crippen molar-refractivity contribution in [3.05, 3.63) is 53.7 Å². The van der Waals surface area contributed by atoms with E-state index in [9.17, 15) is 5.11 Å². The lowest BCUT2D eigenvalue weighted by Gasteiger charge is -2.34. The summed E-state index contributed by atoms with van der Waals surface area (Å²) in [4.78, 5) is 13.1. The Kier molecular flexibility index (Phi) is 4.88. The van der Waals surface area contributed by atoms with Crippen LogP contribution in [0.15, 0.2) is 42.5 Å². The summed E-state index contributed by atoms with van der Waals surface area (Å²) < 4.78 is 0. The van der Waals surface area contributed by atoms with Gasteiger partial charge in [-0.05, 0) is 12.5 Å². The van der Waals surface area contributed by atoms with E-state index < -0.39 is 0 Å². The van der Waals surface area contributed by atoms with Gasteiger partial charge in [-0.2, -0.15) is 4.98 Å². The predicted octanol–water partition coefficient (Wildman–Crippen LogP) is 2.33. The van der Waals surface area contributed by atoms with Gasteiger partial charge in [-0.15, -0.1) is 0 Å². The molecular weight excluding hydrogens is 288 g/mol. The van der Waals surface area contributed by atoms with Crippen LogP contribution in [0, 0.1) is 6.92 Å². The van der Waals surface area contributed by atoms with Crippen molar-refractivity contribution in [1.29, 1.82) is 0 Å². The van der Waals surface area contributed by atoms with Gasteiger partial charge in [0.25, 0.3) is 0 Å². The second-order valence-corrected chi connectivity index (χ2v) is 5.77. The second-order valence-electron chi connectivity index (χ2n) is 5.77. The number of piperazine rings is 1. The molecular formula is C18H22N4O. The zero-order valence-corrected chi connectivity index (χ0v) is 13.4. The van der Waals surface area contributed by atoms with Gasteiger partial charge in [0.1, 0.15) is 0 Å². The number of aromatic nitrogens is 2. The Morgan fingerprint density at radius 3 is 2.52 bits per heavy atom. The molecule has 1 aromatic heterocycles. The van der Waals surface area contributed by atoms with Gasteiger partial charge in [-0.1, -0.05) is 42.5 Å². The van der Waals surface area contributed by atoms with Crippen LogP contribution in [0.25, 0.3) is 6.08 Å². The topological polar surface area (TPSA) is 52.5 Å². The second kappa shape index (κ2) is 7.24. The highest BCUT2D eigenvalue weighted by molar-refractivity contribution is 5.48. The lowest BCUT2D eigenvalue weighted by molar-refractivity contribution is 0.282. The maximum Gasteiger partial charge on any atom is 0.228 e. The molecule has 1 aromatic carbocycles. The molecule has 120 valence electrons. The van der Waals surface area contributed by atoms with Gasteiger partial charge < -0.3 is 10.0 Å². The minimum atomic E-state index is 0.0423. The molecule has 2 heterocycles. The van der Waals surface area contributed by atoms with Crippen molar-refractivity contribution in [2.75, 3.05) is 37.6 Å². The number of benzene rings is 1. The standard InChI is InChI=1S/C18H22N4O/c1-15-14-17(23)20-18(19-15)22-12-10-21(11-13-22)9-5-8-16-6-3-2-4-7-16/h2-8,14H,9-13H2,1H3,(H,19,20,23)/b8-5+. The lowest BCUT2D eigenvalue weighted by Crippen LogP contribution is -2.47. The van der Waals surface area contributed by atoms with E-state index in [1.807, 2.05) is 13.0 Å². The molecule has 23 heavy (non-hydrogen) atoms. The van der Waals surface area contributed by atoms with Gasteiger partial charge in [-0.3, -0.25) is 4.90 Å². The first-order valence-corrected chi connectivity index (χ1v) is 7.94. The van der Waals surface area contributed by atoms with E-state index in [4.69, 9.17) is 0 Å². The van der Waals surface area contributed by atoms with Crippen LogP contribution in [-0.4, -0.2) is 52.7 Å². The molecule has 3 rings (SSSR count). The lowest BCUT2D eigenvalue weighted by atomic mass is 10.2. The molecule has 1 aliphatic rings. The Morgan fingerprint density at radius 2 is 1.83 bits per heavy atom. The third kappa shape index (κ3) is 4.29. The average molecular weight is 310 g/mol. The van der Waals surface area contributed by atoms with Crippen LogP contribution in [0.1, 0.15) is 11.3 Å². The van der Waals surface area contributed by atoms with E-state index in [1.165, 1.54) is 5.56 Å². The molecule has 5 heteroatoms. The molecule has 1 N–H and O–H groups in total. The van der Waals surface area contributed by atoms with E-state index in [0.717, 1.165) is 38.4 Å². The van der Waals surface area contributed by atoms with Crippen molar-refractivity contribution in [2.24, 2.45) is 0 Å². The number of aryl methyl sites for hydroxylation is 1. The van der Waals surface area contributed by atoms with Crippen molar-refractivity contribution >= 4 is 12.0 Å². The van der Waals surface area contributed by atoms with Crippen molar-refractivity contribution in [3.8, 4) is 5.88 Å². The average Bonchev–Trinajstić information content (AvgIpc) is 2.56. The first-order chi connectivity index (χ1) is 11.2. The molecule has 0 atom stereocenters. The van der Waals surface area contributed by atoms with E-state index in [2.05, 4.69) is 56.2 Å². The minimum absolute atomic E-state index is 0.0423. The zero-order chi connectivity index (χ0) is 16.1. The fourth-order valence-corrected chi connectivity index (χ4v) is 2.71. The maximum atomic E-state index is 9.60. The van der Waals surface area contributed by atoms with E-state index in [-0.39, 0.29) is 5.88 Å². The van der Waals surface area contributed by atoms with E-state index in [0.29, 0.717) is 5.95 Å². The molecule has 0 aliphatic carbocycles. The van der Waals surface area contributed by atoms with Crippen LogP contribution < -0.4 is 4.90 Å². The Labute approximate surface area is 136 Å². The molecule has 0 bridgehead atoms. The third-order valence-corrected chi connectivity index (χ3v) is 3.96. The van der Waals surface area contributed by atoms with Gasteiger partial charge in [0.15, 0.2) is 0 Å². The summed E-state index contributed by atoms with van der Waals surface area (Å²) in [5.74, 6) is 0.669. The SMILES string of the molecule is Cc1cc(O)nc(N2CCN(C/C=C/c3ccccc3)CC2)n1. The minimum Gasteiger partial charge on any atom is -0.493 e. The van der Waals surface area contributed by atoms with Crippen LogP contribution in [0.5, 0.6) is 5.88 Å². The molecule has 0 amide bonds. The number of nitrogens with zero attached hydrogens (tertiary/aromatic N) is 4. The van der Waals surface area contributed by atoms with Gasteiger partial charge in [0.05, 0.1) is 0 Å². The summed E-state index contributed by atoms with van der Waals surface area (Å²) in [7, 11) is 0. The van der Waals surface area contributed by atoms with Crippen LogP contribution in [0.4, 0.5) is 5.95 Å². The van der Waals surface area contributed by atoms with Gasteiger partial charge >= 0.3 is 0 Å². The molecule has 0 radical (unpaired) electrons. The molecule has 1 saturated heterocycles. The quantitative estimate of drug-likeness (QED) is 0.939. The smallest absolute Gasteiger partial charge is 0.228 e. The van der Waals surface area contributed by atoms with E-state index in [1.54, 1.807) is 6.07 Å². The number of aromatic hydroxyl groups is 1. The molecule has 0 spiro atoms. The summed E-state index contributed by atoms with van der Waals surface area (Å²) in [6, 6.07) is 11.9. The Bertz CT molecular complexity index is 644. The fourth-order valence-electron chi connectivity index (χ4n) is 2.71. The highest BCUT2D eigenvalue weighted by Gasteiger charge is 2.18. The van der Waals surface area contributed by atoms with Crippen molar-refractivity contribution in [2.45, 2.75) is 6.92 Å². The number of anilines is 1. The zero-order valence-electron chi connectivity index (χ0n) is 13.4. The summed E-state index contributed by atoms with van der Waals surface area (Å²) >= 11 is 0. The normalized spacial score (nSPS) is 16.1. The fraction of sp³-hybridized carbons (Fsp3) is 0.333. The summed E-state index contributed by atoms with van der Waals surface area (Å²) in [5.41, 5.74) is 2.02. The first-order valence-electron chi connectivity index (χ1n) is 7.94. The Morgan fingerprint density at radius 1 is 1.09 bits per heavy atom. The number of hydrogen-bond donors (Lipinski definition) is 1. The first kappa shape index (κ1) is 15.5. The van der Waals surface area contributed by atoms with Crippen molar-refractivity contribution in [3.63, 3.8) is 0 Å². The molecule has 1 fully saturated rings. The van der Waals surface area contributed by atoms with Gasteiger partial charge in [-0.25, -0.2) is 4.98 Å². The van der Waals surface area contributed by atoms with Crippen LogP contribution in [0.3, 0.4) is 0 Å². The Balaban J connectivity index is 1.51. The van der Waals surface area contributed by atoms with Crippen LogP contribution >= 0.6 is 0 Å². The third-order valence-electron chi connectivity index (χ3n) is 3.96. The summed E-state index contributed by atoms with van der Waals surface area (Å²) in [5, 5.41) is 9.60. The summed E-state index contributed by atoms with van der Waals surface area (Å²) in [6.07, 6.45) is 4.37. The monoisotopic (exact) mass is 310 g/mol.